The number of piperazine rings is 1. The van der Waals surface area contributed by atoms with Gasteiger partial charge in [-0.05, 0) is 105 Å². The average Bonchev–Trinajstić information content (AvgIpc) is 4.32. The number of benzene rings is 4. The number of carbonyl (C=O) groups is 2. The Morgan fingerprint density at radius 2 is 1.66 bits per heavy atom. The molecule has 2 amide bonds. The molecular weight excluding hydrogens is 1070 g/mol. The highest BCUT2D eigenvalue weighted by Gasteiger charge is 2.47. The minimum Gasteiger partial charge on any atom is -0.462 e. The normalized spacial score (nSPS) is 20.6. The van der Waals surface area contributed by atoms with E-state index in [1.54, 1.807) is 35.2 Å². The Morgan fingerprint density at radius 3 is 2.36 bits per heavy atom. The van der Waals surface area contributed by atoms with E-state index in [1.807, 2.05) is 26.8 Å². The van der Waals surface area contributed by atoms with Crippen LogP contribution in [-0.2, 0) is 9.59 Å². The molecule has 0 aliphatic carbocycles. The second-order valence-corrected chi connectivity index (χ2v) is 24.0. The van der Waals surface area contributed by atoms with E-state index < -0.39 is 41.3 Å². The van der Waals surface area contributed by atoms with E-state index in [2.05, 4.69) is 41.5 Å². The molecule has 80 heavy (non-hydrogen) atoms. The van der Waals surface area contributed by atoms with E-state index in [0.29, 0.717) is 67.4 Å². The largest absolute Gasteiger partial charge is 0.462 e. The molecule has 5 saturated heterocycles. The summed E-state index contributed by atoms with van der Waals surface area (Å²) in [5, 5.41) is 22.0. The zero-order chi connectivity index (χ0) is 55.7. The number of nitrogens with one attached hydrogen (secondary N) is 2. The van der Waals surface area contributed by atoms with E-state index in [-0.39, 0.29) is 95.7 Å². The third kappa shape index (κ3) is 9.83. The van der Waals surface area contributed by atoms with E-state index in [0.717, 1.165) is 68.8 Å². The second kappa shape index (κ2) is 21.4. The van der Waals surface area contributed by atoms with Crippen LogP contribution in [0.4, 0.5) is 34.2 Å². The van der Waals surface area contributed by atoms with Crippen molar-refractivity contribution in [3.8, 4) is 34.3 Å². The van der Waals surface area contributed by atoms with Crippen LogP contribution in [0.3, 0.4) is 0 Å². The minimum absolute atomic E-state index is 0.00611. The number of ether oxygens (including phenoxy) is 1. The van der Waals surface area contributed by atoms with Crippen LogP contribution in [0, 0.1) is 45.9 Å². The van der Waals surface area contributed by atoms with E-state index in [1.165, 1.54) is 30.3 Å². The van der Waals surface area contributed by atoms with Crippen molar-refractivity contribution in [1.82, 2.24) is 35.6 Å². The zero-order valence-electron chi connectivity index (χ0n) is 44.5. The van der Waals surface area contributed by atoms with Gasteiger partial charge in [0.25, 0.3) is 0 Å². The number of piperidine rings is 1. The molecule has 5 atom stereocenters. The number of hydrogen-bond acceptors (Lipinski definition) is 14. The van der Waals surface area contributed by atoms with Crippen molar-refractivity contribution >= 4 is 72.4 Å². The van der Waals surface area contributed by atoms with Gasteiger partial charge in [-0.3, -0.25) is 14.5 Å². The van der Waals surface area contributed by atoms with Gasteiger partial charge in [0.2, 0.25) is 11.8 Å². The lowest BCUT2D eigenvalue weighted by atomic mass is 9.72. The maximum absolute atomic E-state index is 17.2. The number of halogens is 5. The molecule has 2 bridgehead atoms. The summed E-state index contributed by atoms with van der Waals surface area (Å²) >= 11 is 7.88. The first-order valence-corrected chi connectivity index (χ1v) is 28.6. The van der Waals surface area contributed by atoms with Gasteiger partial charge in [-0.1, -0.05) is 67.0 Å². The van der Waals surface area contributed by atoms with Gasteiger partial charge in [-0.25, -0.2) is 17.6 Å². The van der Waals surface area contributed by atoms with Crippen molar-refractivity contribution in [2.45, 2.75) is 89.4 Å². The first kappa shape index (κ1) is 53.6. The molecule has 7 aromatic rings. The van der Waals surface area contributed by atoms with Crippen molar-refractivity contribution < 1.29 is 36.4 Å². The standard InChI is InChI=1S/C59H60ClF4N11O4S/c1-31(2)47(57(77)75-19-5-8-44(75)56(76)67-32(3)33-9-11-34(12-10-33)48-41(61)6-4-7-42(48)62)45-25-46(71-79-45)74-29-59(30-74)17-20-72(21-18-59)22-23-78-58-69-52-38(55(70-58)73-27-35-13-14-36(28-73)68-35)24-40(60)50(51(52)64)37-15-16-43(63)53-49(37)39(26-65)54(66)80-53/h4,6-7,9-12,15-16,24-25,31-32,35-36,44,47,68H,5,8,13-14,17-23,27-30,66H2,1-3H3,(H,67,76). The Kier molecular flexibility index (Phi) is 14.4. The quantitative estimate of drug-likeness (QED) is 0.0876. The Balaban J connectivity index is 0.673. The molecule has 8 heterocycles. The van der Waals surface area contributed by atoms with Gasteiger partial charge in [0, 0.05) is 79.2 Å². The highest BCUT2D eigenvalue weighted by atomic mass is 35.5. The number of aromatic nitrogens is 3. The van der Waals surface area contributed by atoms with Crippen LogP contribution in [-0.4, -0.2) is 114 Å². The van der Waals surface area contributed by atoms with Gasteiger partial charge in [-0.15, -0.1) is 11.3 Å². The average molecular weight is 1130 g/mol. The summed E-state index contributed by atoms with van der Waals surface area (Å²) in [5.41, 5.74) is 7.56. The van der Waals surface area contributed by atoms with Crippen molar-refractivity contribution in [1.29, 1.82) is 5.26 Å². The van der Waals surface area contributed by atoms with Crippen LogP contribution in [0.25, 0.3) is 43.2 Å². The number of rotatable bonds is 14. The molecule has 5 aliphatic heterocycles. The van der Waals surface area contributed by atoms with Crippen molar-refractivity contribution in [2.75, 3.05) is 74.5 Å². The zero-order valence-corrected chi connectivity index (χ0v) is 46.1. The van der Waals surface area contributed by atoms with Gasteiger partial charge < -0.3 is 40.3 Å². The fraction of sp³-hybridized carbons (Fsp3) is 0.424. The van der Waals surface area contributed by atoms with E-state index in [9.17, 15) is 23.6 Å². The fourth-order valence-electron chi connectivity index (χ4n) is 12.8. The molecule has 5 aliphatic rings. The Morgan fingerprint density at radius 1 is 0.938 bits per heavy atom. The first-order valence-electron chi connectivity index (χ1n) is 27.4. The van der Waals surface area contributed by atoms with Gasteiger partial charge in [-0.2, -0.15) is 15.2 Å². The number of fused-ring (bicyclic) bond motifs is 4. The topological polar surface area (TPSA) is 182 Å². The molecule has 12 rings (SSSR count). The van der Waals surface area contributed by atoms with Crippen molar-refractivity contribution in [3.63, 3.8) is 0 Å². The molecule has 0 radical (unpaired) electrons. The molecule has 416 valence electrons. The Hall–Kier alpha value is -7.05. The number of nitrogen functional groups attached to an aromatic ring is 1. The summed E-state index contributed by atoms with van der Waals surface area (Å²) in [5.74, 6) is -2.20. The van der Waals surface area contributed by atoms with E-state index >= 15 is 8.78 Å². The lowest BCUT2D eigenvalue weighted by molar-refractivity contribution is -0.141. The number of likely N-dealkylation sites (tertiary alicyclic amines) is 2. The van der Waals surface area contributed by atoms with Gasteiger partial charge in [0.15, 0.2) is 17.4 Å². The lowest BCUT2D eigenvalue weighted by Crippen LogP contribution is -2.60. The van der Waals surface area contributed by atoms with Gasteiger partial charge in [0.1, 0.15) is 58.4 Å². The number of anilines is 3. The van der Waals surface area contributed by atoms with Crippen LogP contribution >= 0.6 is 22.9 Å². The molecule has 15 nitrogen and oxygen atoms in total. The molecule has 3 aromatic heterocycles. The van der Waals surface area contributed by atoms with Crippen LogP contribution < -0.4 is 30.9 Å². The summed E-state index contributed by atoms with van der Waals surface area (Å²) in [6.07, 6.45) is 5.14. The molecule has 21 heteroatoms. The number of amides is 2. The van der Waals surface area contributed by atoms with Crippen LogP contribution in [0.1, 0.15) is 88.1 Å². The third-order valence-electron chi connectivity index (χ3n) is 17.1. The molecular formula is C59H60ClF4N11O4S. The third-order valence-corrected chi connectivity index (χ3v) is 18.4. The number of hydrogen-bond donors (Lipinski definition) is 3. The molecule has 5 unspecified atom stereocenters. The number of thiophene rings is 1. The van der Waals surface area contributed by atoms with E-state index in [4.69, 9.17) is 31.6 Å². The number of nitrogens with two attached hydrogens (primary N) is 1. The second-order valence-electron chi connectivity index (χ2n) is 22.6. The smallest absolute Gasteiger partial charge is 0.319 e. The van der Waals surface area contributed by atoms with Crippen molar-refractivity contribution in [3.05, 3.63) is 112 Å². The molecule has 0 saturated carbocycles. The number of nitrogens with zero attached hydrogens (tertiary/aromatic N) is 8. The predicted molar refractivity (Wildman–Crippen MR) is 300 cm³/mol. The maximum Gasteiger partial charge on any atom is 0.319 e. The highest BCUT2D eigenvalue weighted by Crippen LogP contribution is 2.47. The first-order chi connectivity index (χ1) is 38.6. The molecule has 5 fully saturated rings. The number of carbonyl (C=O) groups excluding carboxylic acids is 2. The summed E-state index contributed by atoms with van der Waals surface area (Å²) < 4.78 is 73.6. The van der Waals surface area contributed by atoms with Crippen LogP contribution in [0.2, 0.25) is 5.02 Å². The minimum atomic E-state index is -0.734. The summed E-state index contributed by atoms with van der Waals surface area (Å²) in [6, 6.07) is 18.2. The monoisotopic (exact) mass is 1130 g/mol. The molecule has 1 spiro atoms. The van der Waals surface area contributed by atoms with Gasteiger partial charge >= 0.3 is 6.01 Å². The maximum atomic E-state index is 17.2. The van der Waals surface area contributed by atoms with Gasteiger partial charge in [0.05, 0.1) is 26.9 Å². The lowest BCUT2D eigenvalue weighted by Gasteiger charge is -2.54. The molecule has 4 N–H and O–H groups in total. The fourth-order valence-corrected chi connectivity index (χ4v) is 14.1. The summed E-state index contributed by atoms with van der Waals surface area (Å²) in [7, 11) is 0. The van der Waals surface area contributed by atoms with Crippen LogP contribution in [0.15, 0.2) is 71.3 Å². The van der Waals surface area contributed by atoms with Crippen LogP contribution in [0.5, 0.6) is 6.01 Å². The number of nitriles is 1. The predicted octanol–water partition coefficient (Wildman–Crippen LogP) is 10.4. The highest BCUT2D eigenvalue weighted by molar-refractivity contribution is 7.23. The summed E-state index contributed by atoms with van der Waals surface area (Å²) in [4.78, 5) is 46.1. The Bertz CT molecular complexity index is 3560. The SMILES string of the molecule is CC(NC(=O)C1CCCN1C(=O)C(c1cc(N2CC3(CCN(CCOc4nc(N5CC6CCC(C5)N6)c5cc(Cl)c(-c6ccc(F)c7sc(N)c(C#N)c67)c(F)c5n4)CC3)C2)no1)C(C)C)c1ccc(-c2c(F)cccc2F)cc1. The Labute approximate surface area is 469 Å². The van der Waals surface area contributed by atoms with Crippen molar-refractivity contribution in [2.24, 2.45) is 11.3 Å². The molecule has 4 aromatic carbocycles. The summed E-state index contributed by atoms with van der Waals surface area (Å²) in [6.45, 7) is 11.6.